The number of amides is 2. The SMILES string of the molecule is CN(C)c1ccc(C(=O)N2CC(=O)N(Cc3cccc(O)c3)[C@@H](CCc3ccccc3)C2)cc1. The molecule has 6 nitrogen and oxygen atoms in total. The molecule has 0 radical (unpaired) electrons. The molecule has 1 heterocycles. The number of benzene rings is 3. The number of aromatic hydroxyl groups is 1. The Morgan fingerprint density at radius 1 is 0.971 bits per heavy atom. The van der Waals surface area contributed by atoms with E-state index in [1.54, 1.807) is 23.1 Å². The van der Waals surface area contributed by atoms with Crippen molar-refractivity contribution in [1.82, 2.24) is 9.80 Å². The lowest BCUT2D eigenvalue weighted by atomic mass is 10.00. The quantitative estimate of drug-likeness (QED) is 0.584. The van der Waals surface area contributed by atoms with Crippen molar-refractivity contribution in [2.75, 3.05) is 32.1 Å². The summed E-state index contributed by atoms with van der Waals surface area (Å²) < 4.78 is 0. The summed E-state index contributed by atoms with van der Waals surface area (Å²) in [5, 5.41) is 9.86. The van der Waals surface area contributed by atoms with Gasteiger partial charge in [-0.05, 0) is 60.4 Å². The zero-order valence-electron chi connectivity index (χ0n) is 19.7. The molecule has 0 aromatic heterocycles. The Hall–Kier alpha value is -3.80. The average molecular weight is 458 g/mol. The first-order chi connectivity index (χ1) is 16.4. The van der Waals surface area contributed by atoms with E-state index < -0.39 is 0 Å². The number of phenols is 1. The third-order valence-corrected chi connectivity index (χ3v) is 6.31. The van der Waals surface area contributed by atoms with Crippen LogP contribution in [0.1, 0.15) is 27.9 Å². The molecule has 2 amide bonds. The van der Waals surface area contributed by atoms with Gasteiger partial charge in [-0.2, -0.15) is 0 Å². The molecule has 0 bridgehead atoms. The van der Waals surface area contributed by atoms with Crippen molar-refractivity contribution < 1.29 is 14.7 Å². The first kappa shape index (κ1) is 23.4. The zero-order chi connectivity index (χ0) is 24.1. The number of rotatable bonds is 7. The number of carbonyl (C=O) groups excluding carboxylic acids is 2. The Morgan fingerprint density at radius 2 is 1.68 bits per heavy atom. The minimum Gasteiger partial charge on any atom is -0.508 e. The molecule has 0 unspecified atom stereocenters. The van der Waals surface area contributed by atoms with Gasteiger partial charge in [-0.1, -0.05) is 42.5 Å². The Morgan fingerprint density at radius 3 is 2.35 bits per heavy atom. The van der Waals surface area contributed by atoms with Crippen molar-refractivity contribution in [1.29, 1.82) is 0 Å². The van der Waals surface area contributed by atoms with Crippen molar-refractivity contribution in [3.05, 3.63) is 95.6 Å². The monoisotopic (exact) mass is 457 g/mol. The van der Waals surface area contributed by atoms with Crippen LogP contribution in [0.4, 0.5) is 5.69 Å². The molecule has 3 aromatic rings. The molecule has 6 heteroatoms. The predicted octanol–water partition coefficient (Wildman–Crippen LogP) is 3.94. The summed E-state index contributed by atoms with van der Waals surface area (Å²) in [7, 11) is 3.91. The number of nitrogens with zero attached hydrogens (tertiary/aromatic N) is 3. The summed E-state index contributed by atoms with van der Waals surface area (Å²) in [5.41, 5.74) is 3.68. The van der Waals surface area contributed by atoms with Gasteiger partial charge in [0.05, 0.1) is 6.04 Å². The van der Waals surface area contributed by atoms with Gasteiger partial charge in [0.25, 0.3) is 5.91 Å². The molecular formula is C28H31N3O3. The number of hydrogen-bond donors (Lipinski definition) is 1. The Labute approximate surface area is 201 Å². The number of anilines is 1. The fourth-order valence-corrected chi connectivity index (χ4v) is 4.41. The van der Waals surface area contributed by atoms with Gasteiger partial charge in [0.2, 0.25) is 5.91 Å². The highest BCUT2D eigenvalue weighted by Crippen LogP contribution is 2.23. The molecule has 1 atom stereocenters. The third-order valence-electron chi connectivity index (χ3n) is 6.31. The second kappa shape index (κ2) is 10.4. The van der Waals surface area contributed by atoms with Gasteiger partial charge in [-0.3, -0.25) is 9.59 Å². The number of aryl methyl sites for hydroxylation is 1. The largest absolute Gasteiger partial charge is 0.508 e. The lowest BCUT2D eigenvalue weighted by Crippen LogP contribution is -2.57. The smallest absolute Gasteiger partial charge is 0.254 e. The standard InChI is InChI=1S/C28H31N3O3/c1-29(2)24-15-12-23(13-16-24)28(34)30-19-25(14-11-21-7-4-3-5-8-21)31(27(33)20-30)18-22-9-6-10-26(32)17-22/h3-10,12-13,15-17,25,32H,11,14,18-20H2,1-2H3/t25-/m0/s1. The van der Waals surface area contributed by atoms with Crippen LogP contribution in [0, 0.1) is 0 Å². The Balaban J connectivity index is 1.53. The second-order valence-corrected chi connectivity index (χ2v) is 9.00. The molecule has 34 heavy (non-hydrogen) atoms. The Kier molecular flexibility index (Phi) is 7.16. The van der Waals surface area contributed by atoms with Crippen LogP contribution < -0.4 is 4.90 Å². The maximum absolute atomic E-state index is 13.3. The van der Waals surface area contributed by atoms with Gasteiger partial charge in [-0.25, -0.2) is 0 Å². The van der Waals surface area contributed by atoms with Crippen molar-refractivity contribution in [2.45, 2.75) is 25.4 Å². The molecule has 1 saturated heterocycles. The van der Waals surface area contributed by atoms with Crippen LogP contribution in [0.5, 0.6) is 5.75 Å². The van der Waals surface area contributed by atoms with Crippen LogP contribution in [0.25, 0.3) is 0 Å². The van der Waals surface area contributed by atoms with Gasteiger partial charge in [0.15, 0.2) is 0 Å². The van der Waals surface area contributed by atoms with Crippen LogP contribution >= 0.6 is 0 Å². The molecule has 4 rings (SSSR count). The van der Waals surface area contributed by atoms with Gasteiger partial charge >= 0.3 is 0 Å². The number of hydrogen-bond acceptors (Lipinski definition) is 4. The molecule has 1 aliphatic rings. The fraction of sp³-hybridized carbons (Fsp3) is 0.286. The summed E-state index contributed by atoms with van der Waals surface area (Å²) in [6, 6.07) is 24.5. The van der Waals surface area contributed by atoms with Crippen LogP contribution in [0.2, 0.25) is 0 Å². The molecule has 0 spiro atoms. The number of carbonyl (C=O) groups is 2. The number of piperazine rings is 1. The topological polar surface area (TPSA) is 64.1 Å². The van der Waals surface area contributed by atoms with E-state index >= 15 is 0 Å². The van der Waals surface area contributed by atoms with Crippen LogP contribution in [-0.2, 0) is 17.8 Å². The van der Waals surface area contributed by atoms with Crippen molar-refractivity contribution >= 4 is 17.5 Å². The van der Waals surface area contributed by atoms with E-state index in [0.717, 1.165) is 24.1 Å². The van der Waals surface area contributed by atoms with Crippen LogP contribution in [0.15, 0.2) is 78.9 Å². The van der Waals surface area contributed by atoms with Gasteiger partial charge in [0.1, 0.15) is 12.3 Å². The molecule has 0 aliphatic carbocycles. The van der Waals surface area contributed by atoms with Gasteiger partial charge < -0.3 is 19.8 Å². The van der Waals surface area contributed by atoms with E-state index in [2.05, 4.69) is 12.1 Å². The first-order valence-corrected chi connectivity index (χ1v) is 11.6. The van der Waals surface area contributed by atoms with E-state index in [9.17, 15) is 14.7 Å². The minimum atomic E-state index is -0.125. The normalized spacial score (nSPS) is 15.9. The zero-order valence-corrected chi connectivity index (χ0v) is 19.7. The summed E-state index contributed by atoms with van der Waals surface area (Å²) >= 11 is 0. The van der Waals surface area contributed by atoms with Crippen LogP contribution in [-0.4, -0.2) is 59.9 Å². The Bertz CT molecular complexity index is 1130. The van der Waals surface area contributed by atoms with E-state index in [1.807, 2.05) is 72.4 Å². The second-order valence-electron chi connectivity index (χ2n) is 9.00. The van der Waals surface area contributed by atoms with Crippen LogP contribution in [0.3, 0.4) is 0 Å². The molecule has 1 aliphatic heterocycles. The highest BCUT2D eigenvalue weighted by atomic mass is 16.3. The molecule has 176 valence electrons. The highest BCUT2D eigenvalue weighted by molar-refractivity contribution is 5.97. The van der Waals surface area contributed by atoms with E-state index in [1.165, 1.54) is 5.56 Å². The number of phenolic OH excluding ortho intramolecular Hbond substituents is 1. The van der Waals surface area contributed by atoms with E-state index in [-0.39, 0.29) is 30.2 Å². The molecule has 1 fully saturated rings. The maximum Gasteiger partial charge on any atom is 0.254 e. The van der Waals surface area contributed by atoms with Crippen molar-refractivity contribution in [2.24, 2.45) is 0 Å². The van der Waals surface area contributed by atoms with Gasteiger partial charge in [-0.15, -0.1) is 0 Å². The van der Waals surface area contributed by atoms with E-state index in [0.29, 0.717) is 18.7 Å². The molecule has 0 saturated carbocycles. The molecule has 3 aromatic carbocycles. The first-order valence-electron chi connectivity index (χ1n) is 11.6. The third kappa shape index (κ3) is 5.57. The van der Waals surface area contributed by atoms with Crippen molar-refractivity contribution in [3.63, 3.8) is 0 Å². The molecular weight excluding hydrogens is 426 g/mol. The summed E-state index contributed by atoms with van der Waals surface area (Å²) in [5.74, 6) is -0.0212. The van der Waals surface area contributed by atoms with Gasteiger partial charge in [0, 0.05) is 38.4 Å². The summed E-state index contributed by atoms with van der Waals surface area (Å²) in [6.07, 6.45) is 1.56. The lowest BCUT2D eigenvalue weighted by Gasteiger charge is -2.41. The average Bonchev–Trinajstić information content (AvgIpc) is 2.84. The minimum absolute atomic E-state index is 0.0505. The summed E-state index contributed by atoms with van der Waals surface area (Å²) in [6.45, 7) is 0.937. The summed E-state index contributed by atoms with van der Waals surface area (Å²) in [4.78, 5) is 32.0. The highest BCUT2D eigenvalue weighted by Gasteiger charge is 2.34. The predicted molar refractivity (Wildman–Crippen MR) is 134 cm³/mol. The van der Waals surface area contributed by atoms with E-state index in [4.69, 9.17) is 0 Å². The maximum atomic E-state index is 13.3. The van der Waals surface area contributed by atoms with Crippen molar-refractivity contribution in [3.8, 4) is 5.75 Å². The fourth-order valence-electron chi connectivity index (χ4n) is 4.41. The lowest BCUT2D eigenvalue weighted by molar-refractivity contribution is -0.139. The molecule has 1 N–H and O–H groups in total.